The van der Waals surface area contributed by atoms with Crippen LogP contribution in [-0.2, 0) is 0 Å². The Balaban J connectivity index is 2.33. The normalized spacial score (nSPS) is 12.5. The second-order valence-corrected chi connectivity index (χ2v) is 2.66. The largest absolute Gasteiger partial charge is 0.491 e. The number of halogens is 1. The van der Waals surface area contributed by atoms with Crippen LogP contribution in [-0.4, -0.2) is 23.7 Å². The molecule has 1 aromatic carbocycles. The summed E-state index contributed by atoms with van der Waals surface area (Å²) in [5.74, 6) is 0.914. The molecule has 0 amide bonds. The number of aliphatic hydroxyl groups excluding tert-OH is 1. The lowest BCUT2D eigenvalue weighted by molar-refractivity contribution is 0.125. The Morgan fingerprint density at radius 3 is 2.75 bits per heavy atom. The molecular weight excluding hydrogens is 176 g/mol. The van der Waals surface area contributed by atoms with Gasteiger partial charge in [-0.1, -0.05) is 12.1 Å². The average molecular weight is 186 g/mol. The quantitative estimate of drug-likeness (QED) is 0.720. The molecule has 0 saturated heterocycles. The van der Waals surface area contributed by atoms with Crippen LogP contribution in [0.25, 0.3) is 0 Å². The van der Waals surface area contributed by atoms with Gasteiger partial charge in [-0.25, -0.2) is 0 Å². The molecule has 0 fully saturated rings. The van der Waals surface area contributed by atoms with Crippen LogP contribution in [0, 0.1) is 6.07 Å². The van der Waals surface area contributed by atoms with E-state index in [1.165, 1.54) is 0 Å². The lowest BCUT2D eigenvalue weighted by Crippen LogP contribution is -2.18. The molecule has 65 valence electrons. The summed E-state index contributed by atoms with van der Waals surface area (Å²) in [6.07, 6.45) is -0.601. The monoisotopic (exact) mass is 185 g/mol. The highest BCUT2D eigenvalue weighted by Crippen LogP contribution is 2.08. The molecule has 1 rings (SSSR count). The second-order valence-electron chi connectivity index (χ2n) is 2.35. The van der Waals surface area contributed by atoms with Gasteiger partial charge in [-0.3, -0.25) is 0 Å². The van der Waals surface area contributed by atoms with E-state index in [2.05, 4.69) is 6.07 Å². The standard InChI is InChI=1S/C9H10ClO2/c10-6-8(11)7-12-9-4-2-1-3-5-9/h2-5,8,11H,6-7H2. The van der Waals surface area contributed by atoms with Crippen LogP contribution in [0.2, 0.25) is 0 Å². The molecule has 0 aromatic heterocycles. The van der Waals surface area contributed by atoms with Gasteiger partial charge in [0.2, 0.25) is 0 Å². The van der Waals surface area contributed by atoms with Crippen LogP contribution in [0.5, 0.6) is 5.75 Å². The molecule has 0 saturated carbocycles. The SMILES string of the molecule is OC(CCl)COc1cc[c]cc1. The van der Waals surface area contributed by atoms with Crippen molar-refractivity contribution in [2.24, 2.45) is 0 Å². The molecule has 0 aliphatic rings. The van der Waals surface area contributed by atoms with Crippen molar-refractivity contribution in [1.29, 1.82) is 0 Å². The van der Waals surface area contributed by atoms with Crippen molar-refractivity contribution >= 4 is 11.6 Å². The van der Waals surface area contributed by atoms with Gasteiger partial charge in [-0.05, 0) is 18.2 Å². The van der Waals surface area contributed by atoms with Gasteiger partial charge < -0.3 is 9.84 Å². The van der Waals surface area contributed by atoms with E-state index < -0.39 is 6.10 Å². The van der Waals surface area contributed by atoms with Crippen LogP contribution < -0.4 is 4.74 Å². The van der Waals surface area contributed by atoms with Gasteiger partial charge in [-0.2, -0.15) is 0 Å². The number of alkyl halides is 1. The Morgan fingerprint density at radius 2 is 2.17 bits per heavy atom. The third-order valence-corrected chi connectivity index (χ3v) is 1.66. The van der Waals surface area contributed by atoms with Crippen molar-refractivity contribution < 1.29 is 9.84 Å². The molecule has 1 unspecified atom stereocenters. The van der Waals surface area contributed by atoms with Gasteiger partial charge in [0, 0.05) is 0 Å². The van der Waals surface area contributed by atoms with Crippen LogP contribution >= 0.6 is 11.6 Å². The highest BCUT2D eigenvalue weighted by atomic mass is 35.5. The van der Waals surface area contributed by atoms with Crippen molar-refractivity contribution in [3.8, 4) is 5.75 Å². The van der Waals surface area contributed by atoms with E-state index in [0.717, 1.165) is 5.75 Å². The Labute approximate surface area is 76.7 Å². The summed E-state index contributed by atoms with van der Waals surface area (Å²) in [5, 5.41) is 9.05. The summed E-state index contributed by atoms with van der Waals surface area (Å²) in [6, 6.07) is 9.93. The first-order chi connectivity index (χ1) is 5.83. The molecule has 0 aliphatic carbocycles. The maximum atomic E-state index is 9.05. The Morgan fingerprint density at radius 1 is 1.50 bits per heavy atom. The maximum Gasteiger partial charge on any atom is 0.119 e. The van der Waals surface area contributed by atoms with Gasteiger partial charge in [0.25, 0.3) is 0 Å². The number of benzene rings is 1. The molecule has 12 heavy (non-hydrogen) atoms. The zero-order valence-corrected chi connectivity index (χ0v) is 7.29. The predicted octanol–water partition coefficient (Wildman–Crippen LogP) is 1.47. The maximum absolute atomic E-state index is 9.05. The Hall–Kier alpha value is -0.730. The van der Waals surface area contributed by atoms with Gasteiger partial charge in [0.1, 0.15) is 18.5 Å². The number of ether oxygens (including phenoxy) is 1. The highest BCUT2D eigenvalue weighted by molar-refractivity contribution is 6.18. The van der Waals surface area contributed by atoms with Crippen molar-refractivity contribution in [2.75, 3.05) is 12.5 Å². The van der Waals surface area contributed by atoms with E-state index in [9.17, 15) is 0 Å². The molecule has 3 heteroatoms. The van der Waals surface area contributed by atoms with E-state index in [1.54, 1.807) is 24.3 Å². The third kappa shape index (κ3) is 3.11. The molecule has 0 spiro atoms. The minimum absolute atomic E-state index is 0.193. The predicted molar refractivity (Wildman–Crippen MR) is 47.5 cm³/mol. The first-order valence-corrected chi connectivity index (χ1v) is 4.19. The minimum atomic E-state index is -0.601. The van der Waals surface area contributed by atoms with Gasteiger partial charge >= 0.3 is 0 Å². The number of rotatable bonds is 4. The second kappa shape index (κ2) is 5.01. The van der Waals surface area contributed by atoms with Crippen molar-refractivity contribution in [3.05, 3.63) is 30.3 Å². The lowest BCUT2D eigenvalue weighted by atomic mass is 10.3. The third-order valence-electron chi connectivity index (χ3n) is 1.31. The van der Waals surface area contributed by atoms with E-state index in [-0.39, 0.29) is 12.5 Å². The fraction of sp³-hybridized carbons (Fsp3) is 0.333. The molecular formula is C9H10ClO2. The zero-order valence-electron chi connectivity index (χ0n) is 6.53. The van der Waals surface area contributed by atoms with E-state index in [0.29, 0.717) is 0 Å². The van der Waals surface area contributed by atoms with E-state index in [1.807, 2.05) is 0 Å². The Kier molecular flexibility index (Phi) is 3.91. The smallest absolute Gasteiger partial charge is 0.119 e. The summed E-state index contributed by atoms with van der Waals surface area (Å²) in [7, 11) is 0. The van der Waals surface area contributed by atoms with Crippen molar-refractivity contribution in [2.45, 2.75) is 6.10 Å². The van der Waals surface area contributed by atoms with Crippen LogP contribution in [0.1, 0.15) is 0 Å². The van der Waals surface area contributed by atoms with Crippen LogP contribution in [0.15, 0.2) is 24.3 Å². The summed E-state index contributed by atoms with van der Waals surface area (Å²) in [5.41, 5.74) is 0. The van der Waals surface area contributed by atoms with Gasteiger partial charge in [0.05, 0.1) is 5.88 Å². The lowest BCUT2D eigenvalue weighted by Gasteiger charge is -2.08. The summed E-state index contributed by atoms with van der Waals surface area (Å²) in [4.78, 5) is 0. The average Bonchev–Trinajstić information content (AvgIpc) is 2.16. The fourth-order valence-corrected chi connectivity index (χ4v) is 0.794. The highest BCUT2D eigenvalue weighted by Gasteiger charge is 2.01. The molecule has 0 bridgehead atoms. The fourth-order valence-electron chi connectivity index (χ4n) is 0.705. The molecule has 0 heterocycles. The minimum Gasteiger partial charge on any atom is -0.491 e. The molecule has 1 radical (unpaired) electrons. The molecule has 1 N–H and O–H groups in total. The zero-order chi connectivity index (χ0) is 8.81. The van der Waals surface area contributed by atoms with Crippen molar-refractivity contribution in [3.63, 3.8) is 0 Å². The van der Waals surface area contributed by atoms with Crippen LogP contribution in [0.3, 0.4) is 0 Å². The molecule has 1 atom stereocenters. The number of hydrogen-bond donors (Lipinski definition) is 1. The van der Waals surface area contributed by atoms with E-state index in [4.69, 9.17) is 21.4 Å². The number of hydrogen-bond acceptors (Lipinski definition) is 2. The molecule has 2 nitrogen and oxygen atoms in total. The summed E-state index contributed by atoms with van der Waals surface area (Å²) in [6.45, 7) is 0.230. The van der Waals surface area contributed by atoms with Gasteiger partial charge in [-0.15, -0.1) is 11.6 Å². The van der Waals surface area contributed by atoms with E-state index >= 15 is 0 Å². The Bertz CT molecular complexity index is 213. The van der Waals surface area contributed by atoms with Gasteiger partial charge in [0.15, 0.2) is 0 Å². The first kappa shape index (κ1) is 9.36. The van der Waals surface area contributed by atoms with Crippen molar-refractivity contribution in [1.82, 2.24) is 0 Å². The topological polar surface area (TPSA) is 29.5 Å². The summed E-state index contributed by atoms with van der Waals surface area (Å²) >= 11 is 5.38. The van der Waals surface area contributed by atoms with Crippen LogP contribution in [0.4, 0.5) is 0 Å². The number of aliphatic hydroxyl groups is 1. The first-order valence-electron chi connectivity index (χ1n) is 3.66. The molecule has 1 aromatic rings. The molecule has 0 aliphatic heterocycles. The summed E-state index contributed by atoms with van der Waals surface area (Å²) < 4.78 is 5.20.